The van der Waals surface area contributed by atoms with Gasteiger partial charge in [-0.2, -0.15) is 5.10 Å². The average Bonchev–Trinajstić information content (AvgIpc) is 3.04. The van der Waals surface area contributed by atoms with Gasteiger partial charge < -0.3 is 14.2 Å². The predicted molar refractivity (Wildman–Crippen MR) is 83.4 cm³/mol. The predicted octanol–water partition coefficient (Wildman–Crippen LogP) is 2.58. The number of fused-ring (bicyclic) bond motifs is 2. The number of carbonyl (C=O) groups is 1. The van der Waals surface area contributed by atoms with Crippen molar-refractivity contribution in [3.8, 4) is 17.2 Å². The highest BCUT2D eigenvalue weighted by atomic mass is 16.6. The van der Waals surface area contributed by atoms with Crippen LogP contribution >= 0.6 is 0 Å². The standard InChI is InChI=1S/C17H14N2O4/c1-21-17(20)13-4-2-3-11-10-19(18-16(11)13)12-5-6-14-15(9-12)23-8-7-22-14/h2-6,9-10H,7-8H2,1H3. The third-order valence-electron chi connectivity index (χ3n) is 3.73. The van der Waals surface area contributed by atoms with E-state index in [-0.39, 0.29) is 0 Å². The molecule has 0 unspecified atom stereocenters. The minimum atomic E-state index is -0.400. The van der Waals surface area contributed by atoms with Gasteiger partial charge in [0, 0.05) is 17.6 Å². The van der Waals surface area contributed by atoms with E-state index in [2.05, 4.69) is 5.10 Å². The molecule has 0 fully saturated rings. The zero-order chi connectivity index (χ0) is 15.8. The van der Waals surface area contributed by atoms with E-state index in [1.54, 1.807) is 10.7 Å². The van der Waals surface area contributed by atoms with Gasteiger partial charge in [-0.1, -0.05) is 12.1 Å². The summed E-state index contributed by atoms with van der Waals surface area (Å²) >= 11 is 0. The molecule has 0 radical (unpaired) electrons. The van der Waals surface area contributed by atoms with Gasteiger partial charge >= 0.3 is 5.97 Å². The van der Waals surface area contributed by atoms with Crippen LogP contribution in [0.4, 0.5) is 0 Å². The molecule has 1 aliphatic rings. The molecule has 0 N–H and O–H groups in total. The van der Waals surface area contributed by atoms with Crippen molar-refractivity contribution >= 4 is 16.9 Å². The number of nitrogens with zero attached hydrogens (tertiary/aromatic N) is 2. The van der Waals surface area contributed by atoms with E-state index < -0.39 is 5.97 Å². The summed E-state index contributed by atoms with van der Waals surface area (Å²) in [5, 5.41) is 5.38. The Bertz CT molecular complexity index is 901. The average molecular weight is 310 g/mol. The van der Waals surface area contributed by atoms with Crippen molar-refractivity contribution in [1.82, 2.24) is 9.78 Å². The smallest absolute Gasteiger partial charge is 0.340 e. The van der Waals surface area contributed by atoms with Crippen molar-refractivity contribution in [2.45, 2.75) is 0 Å². The van der Waals surface area contributed by atoms with Crippen molar-refractivity contribution in [3.05, 3.63) is 48.2 Å². The van der Waals surface area contributed by atoms with Crippen molar-refractivity contribution < 1.29 is 19.0 Å². The quantitative estimate of drug-likeness (QED) is 0.681. The Morgan fingerprint density at radius 3 is 2.83 bits per heavy atom. The van der Waals surface area contributed by atoms with Gasteiger partial charge in [0.15, 0.2) is 11.5 Å². The van der Waals surface area contributed by atoms with E-state index in [1.165, 1.54) is 7.11 Å². The zero-order valence-corrected chi connectivity index (χ0v) is 12.5. The number of hydrogen-bond donors (Lipinski definition) is 0. The van der Waals surface area contributed by atoms with Gasteiger partial charge in [0.25, 0.3) is 0 Å². The number of methoxy groups -OCH3 is 1. The van der Waals surface area contributed by atoms with Crippen LogP contribution in [-0.2, 0) is 4.74 Å². The Hall–Kier alpha value is -3.02. The number of benzene rings is 2. The highest BCUT2D eigenvalue weighted by Gasteiger charge is 2.16. The maximum atomic E-state index is 11.9. The second-order valence-electron chi connectivity index (χ2n) is 5.14. The molecule has 4 rings (SSSR count). The summed E-state index contributed by atoms with van der Waals surface area (Å²) in [6, 6.07) is 11.1. The summed E-state index contributed by atoms with van der Waals surface area (Å²) in [6.45, 7) is 1.09. The molecule has 2 heterocycles. The molecule has 2 aromatic carbocycles. The number of esters is 1. The van der Waals surface area contributed by atoms with Gasteiger partial charge in [-0.25, -0.2) is 9.48 Å². The molecule has 1 aliphatic heterocycles. The molecule has 116 valence electrons. The second kappa shape index (κ2) is 5.31. The van der Waals surface area contributed by atoms with E-state index in [4.69, 9.17) is 14.2 Å². The zero-order valence-electron chi connectivity index (χ0n) is 12.5. The van der Waals surface area contributed by atoms with E-state index in [9.17, 15) is 4.79 Å². The molecule has 23 heavy (non-hydrogen) atoms. The SMILES string of the molecule is COC(=O)c1cccc2cn(-c3ccc4c(c3)OCCO4)nc12. The Balaban J connectivity index is 1.82. The summed E-state index contributed by atoms with van der Waals surface area (Å²) in [5.41, 5.74) is 1.89. The molecule has 0 aliphatic carbocycles. The van der Waals surface area contributed by atoms with Crippen LogP contribution < -0.4 is 9.47 Å². The molecule has 0 bridgehead atoms. The van der Waals surface area contributed by atoms with Crippen LogP contribution in [-0.4, -0.2) is 36.1 Å². The Morgan fingerprint density at radius 2 is 2.00 bits per heavy atom. The minimum Gasteiger partial charge on any atom is -0.486 e. The van der Waals surface area contributed by atoms with Gasteiger partial charge in [0.2, 0.25) is 0 Å². The first kappa shape index (κ1) is 13.6. The third-order valence-corrected chi connectivity index (χ3v) is 3.73. The highest BCUT2D eigenvalue weighted by Crippen LogP contribution is 2.32. The summed E-state index contributed by atoms with van der Waals surface area (Å²) in [4.78, 5) is 11.9. The lowest BCUT2D eigenvalue weighted by atomic mass is 10.1. The molecule has 0 saturated heterocycles. The van der Waals surface area contributed by atoms with Crippen LogP contribution in [0.1, 0.15) is 10.4 Å². The molecule has 1 aromatic heterocycles. The maximum absolute atomic E-state index is 11.9. The fourth-order valence-corrected chi connectivity index (χ4v) is 2.63. The summed E-state index contributed by atoms with van der Waals surface area (Å²) in [5.74, 6) is 1.02. The molecule has 0 amide bonds. The number of aromatic nitrogens is 2. The fourth-order valence-electron chi connectivity index (χ4n) is 2.63. The van der Waals surface area contributed by atoms with Gasteiger partial charge in [0.1, 0.15) is 18.7 Å². The second-order valence-corrected chi connectivity index (χ2v) is 5.14. The maximum Gasteiger partial charge on any atom is 0.340 e. The van der Waals surface area contributed by atoms with Crippen LogP contribution in [0, 0.1) is 0 Å². The van der Waals surface area contributed by atoms with Gasteiger partial charge in [-0.3, -0.25) is 0 Å². The Morgan fingerprint density at radius 1 is 1.17 bits per heavy atom. The molecular weight excluding hydrogens is 296 g/mol. The molecule has 0 atom stereocenters. The van der Waals surface area contributed by atoms with E-state index in [0.29, 0.717) is 30.0 Å². The highest BCUT2D eigenvalue weighted by molar-refractivity contribution is 6.02. The van der Waals surface area contributed by atoms with E-state index in [0.717, 1.165) is 16.8 Å². The first-order valence-electron chi connectivity index (χ1n) is 7.23. The lowest BCUT2D eigenvalue weighted by Crippen LogP contribution is -2.15. The van der Waals surface area contributed by atoms with Crippen LogP contribution in [0.2, 0.25) is 0 Å². The Kier molecular flexibility index (Phi) is 3.15. The van der Waals surface area contributed by atoms with Gasteiger partial charge in [-0.15, -0.1) is 0 Å². The van der Waals surface area contributed by atoms with Crippen LogP contribution in [0.15, 0.2) is 42.6 Å². The van der Waals surface area contributed by atoms with Crippen molar-refractivity contribution in [1.29, 1.82) is 0 Å². The van der Waals surface area contributed by atoms with E-state index in [1.807, 2.05) is 36.5 Å². The number of ether oxygens (including phenoxy) is 3. The molecule has 0 saturated carbocycles. The number of carbonyl (C=O) groups excluding carboxylic acids is 1. The monoisotopic (exact) mass is 310 g/mol. The summed E-state index contributed by atoms with van der Waals surface area (Å²) in [7, 11) is 1.36. The number of rotatable bonds is 2. The Labute approximate surface area is 132 Å². The molecule has 0 spiro atoms. The molecule has 6 heteroatoms. The van der Waals surface area contributed by atoms with E-state index >= 15 is 0 Å². The van der Waals surface area contributed by atoms with Crippen LogP contribution in [0.25, 0.3) is 16.6 Å². The molecule has 3 aromatic rings. The van der Waals surface area contributed by atoms with Crippen molar-refractivity contribution in [2.75, 3.05) is 20.3 Å². The fraction of sp³-hybridized carbons (Fsp3) is 0.176. The third kappa shape index (κ3) is 2.28. The van der Waals surface area contributed by atoms with Crippen LogP contribution in [0.5, 0.6) is 11.5 Å². The lowest BCUT2D eigenvalue weighted by Gasteiger charge is -2.18. The first-order valence-corrected chi connectivity index (χ1v) is 7.23. The topological polar surface area (TPSA) is 62.6 Å². The van der Waals surface area contributed by atoms with Crippen molar-refractivity contribution in [2.24, 2.45) is 0 Å². The largest absolute Gasteiger partial charge is 0.486 e. The number of hydrogen-bond acceptors (Lipinski definition) is 5. The van der Waals surface area contributed by atoms with Gasteiger partial charge in [0.05, 0.1) is 18.4 Å². The molecular formula is C17H14N2O4. The summed E-state index contributed by atoms with van der Waals surface area (Å²) < 4.78 is 17.6. The minimum absolute atomic E-state index is 0.400. The first-order chi connectivity index (χ1) is 11.3. The van der Waals surface area contributed by atoms with Crippen molar-refractivity contribution in [3.63, 3.8) is 0 Å². The van der Waals surface area contributed by atoms with Gasteiger partial charge in [-0.05, 0) is 18.2 Å². The lowest BCUT2D eigenvalue weighted by molar-refractivity contribution is 0.0602. The normalized spacial score (nSPS) is 13.1. The van der Waals surface area contributed by atoms with Crippen LogP contribution in [0.3, 0.4) is 0 Å². The summed E-state index contributed by atoms with van der Waals surface area (Å²) in [6.07, 6.45) is 1.87. The molecule has 6 nitrogen and oxygen atoms in total.